The molecule has 0 saturated carbocycles. The molecule has 1 aromatic heterocycles. The summed E-state index contributed by atoms with van der Waals surface area (Å²) in [6.07, 6.45) is 0.739. The van der Waals surface area contributed by atoms with Gasteiger partial charge in [0.15, 0.2) is 0 Å². The highest BCUT2D eigenvalue weighted by Crippen LogP contribution is 2.22. The lowest BCUT2D eigenvalue weighted by Gasteiger charge is -2.33. The molecule has 1 aromatic carbocycles. The number of aromatic amines is 1. The van der Waals surface area contributed by atoms with Crippen LogP contribution in [0.3, 0.4) is 0 Å². The molecule has 5 nitrogen and oxygen atoms in total. The number of hydrogen-bond donors (Lipinski definition) is 1. The van der Waals surface area contributed by atoms with Crippen LogP contribution in [0.4, 0.5) is 4.39 Å². The maximum atomic E-state index is 12.9. The van der Waals surface area contributed by atoms with Gasteiger partial charge in [0.1, 0.15) is 17.7 Å². The van der Waals surface area contributed by atoms with Crippen molar-refractivity contribution in [2.24, 2.45) is 5.92 Å². The van der Waals surface area contributed by atoms with Crippen LogP contribution in [0.5, 0.6) is 5.75 Å². The van der Waals surface area contributed by atoms with Crippen molar-refractivity contribution in [2.75, 3.05) is 32.8 Å². The molecule has 1 atom stereocenters. The number of aromatic nitrogens is 2. The Labute approximate surface area is 148 Å². The van der Waals surface area contributed by atoms with E-state index in [0.29, 0.717) is 24.7 Å². The largest absolute Gasteiger partial charge is 0.493 e. The Morgan fingerprint density at radius 3 is 2.92 bits per heavy atom. The fraction of sp³-hybridized carbons (Fsp3) is 0.526. The summed E-state index contributed by atoms with van der Waals surface area (Å²) < 4.78 is 24.4. The normalized spacial score (nSPS) is 18.6. The highest BCUT2D eigenvalue weighted by molar-refractivity contribution is 5.22. The zero-order valence-corrected chi connectivity index (χ0v) is 14.9. The number of nitrogens with one attached hydrogen (secondary N) is 1. The molecule has 0 amide bonds. The van der Waals surface area contributed by atoms with Gasteiger partial charge in [0, 0.05) is 31.7 Å². The van der Waals surface area contributed by atoms with Gasteiger partial charge in [0.25, 0.3) is 0 Å². The Morgan fingerprint density at radius 2 is 2.16 bits per heavy atom. The van der Waals surface area contributed by atoms with Crippen molar-refractivity contribution in [3.63, 3.8) is 0 Å². The smallest absolute Gasteiger partial charge is 0.123 e. The molecule has 1 saturated heterocycles. The van der Waals surface area contributed by atoms with Gasteiger partial charge < -0.3 is 9.47 Å². The van der Waals surface area contributed by atoms with E-state index < -0.39 is 0 Å². The van der Waals surface area contributed by atoms with Crippen molar-refractivity contribution in [2.45, 2.75) is 26.4 Å². The second-order valence-corrected chi connectivity index (χ2v) is 6.88. The fourth-order valence-corrected chi connectivity index (χ4v) is 3.05. The molecule has 2 heterocycles. The van der Waals surface area contributed by atoms with Crippen molar-refractivity contribution in [3.05, 3.63) is 47.5 Å². The molecule has 0 aliphatic carbocycles. The van der Waals surface area contributed by atoms with Crippen LogP contribution in [-0.4, -0.2) is 47.9 Å². The van der Waals surface area contributed by atoms with Crippen LogP contribution < -0.4 is 4.74 Å². The molecule has 3 rings (SSSR count). The molecule has 25 heavy (non-hydrogen) atoms. The van der Waals surface area contributed by atoms with E-state index in [2.05, 4.69) is 35.0 Å². The Morgan fingerprint density at radius 1 is 1.36 bits per heavy atom. The van der Waals surface area contributed by atoms with E-state index in [1.807, 2.05) is 0 Å². The summed E-state index contributed by atoms with van der Waals surface area (Å²) in [7, 11) is 0. The third-order valence-corrected chi connectivity index (χ3v) is 4.21. The SMILES string of the molecule is CC(C)CN1CCO[C@H](c2cc(CCOc3ccc(F)cc3)[nH]n2)C1. The van der Waals surface area contributed by atoms with Gasteiger partial charge in [-0.3, -0.25) is 10.00 Å². The number of benzene rings is 1. The van der Waals surface area contributed by atoms with E-state index in [4.69, 9.17) is 9.47 Å². The minimum Gasteiger partial charge on any atom is -0.493 e. The van der Waals surface area contributed by atoms with Crippen LogP contribution >= 0.6 is 0 Å². The van der Waals surface area contributed by atoms with E-state index in [1.54, 1.807) is 12.1 Å². The lowest BCUT2D eigenvalue weighted by molar-refractivity contribution is -0.0352. The van der Waals surface area contributed by atoms with Gasteiger partial charge >= 0.3 is 0 Å². The summed E-state index contributed by atoms with van der Waals surface area (Å²) in [6, 6.07) is 8.11. The molecule has 0 unspecified atom stereocenters. The number of halogens is 1. The van der Waals surface area contributed by atoms with Gasteiger partial charge in [0.2, 0.25) is 0 Å². The zero-order chi connectivity index (χ0) is 17.6. The van der Waals surface area contributed by atoms with Gasteiger partial charge in [-0.1, -0.05) is 13.8 Å². The van der Waals surface area contributed by atoms with Crippen LogP contribution in [0.1, 0.15) is 31.3 Å². The quantitative estimate of drug-likeness (QED) is 0.836. The average Bonchev–Trinajstić information content (AvgIpc) is 3.05. The van der Waals surface area contributed by atoms with Crippen LogP contribution in [0.15, 0.2) is 30.3 Å². The molecule has 0 spiro atoms. The number of rotatable bonds is 7. The first-order chi connectivity index (χ1) is 12.1. The fourth-order valence-electron chi connectivity index (χ4n) is 3.05. The van der Waals surface area contributed by atoms with E-state index >= 15 is 0 Å². The topological polar surface area (TPSA) is 50.4 Å². The molecule has 1 fully saturated rings. The van der Waals surface area contributed by atoms with Crippen LogP contribution in [-0.2, 0) is 11.2 Å². The second-order valence-electron chi connectivity index (χ2n) is 6.88. The van der Waals surface area contributed by atoms with E-state index in [1.165, 1.54) is 12.1 Å². The van der Waals surface area contributed by atoms with Gasteiger partial charge in [-0.2, -0.15) is 5.10 Å². The minimum absolute atomic E-state index is 0.0236. The maximum Gasteiger partial charge on any atom is 0.123 e. The molecule has 1 aliphatic rings. The van der Waals surface area contributed by atoms with Crippen molar-refractivity contribution >= 4 is 0 Å². The molecule has 0 bridgehead atoms. The second kappa shape index (κ2) is 8.45. The first kappa shape index (κ1) is 17.9. The number of ether oxygens (including phenoxy) is 2. The maximum absolute atomic E-state index is 12.9. The van der Waals surface area contributed by atoms with Crippen molar-refractivity contribution in [1.82, 2.24) is 15.1 Å². The summed E-state index contributed by atoms with van der Waals surface area (Å²) in [4.78, 5) is 2.44. The van der Waals surface area contributed by atoms with E-state index in [0.717, 1.165) is 37.6 Å². The summed E-state index contributed by atoms with van der Waals surface area (Å²) >= 11 is 0. The predicted octanol–water partition coefficient (Wildman–Crippen LogP) is 3.20. The number of hydrogen-bond acceptors (Lipinski definition) is 4. The number of H-pyrrole nitrogens is 1. The summed E-state index contributed by atoms with van der Waals surface area (Å²) in [6.45, 7) is 8.68. The third-order valence-electron chi connectivity index (χ3n) is 4.21. The Balaban J connectivity index is 1.49. The van der Waals surface area contributed by atoms with E-state index in [-0.39, 0.29) is 11.9 Å². The molecule has 2 aromatic rings. The highest BCUT2D eigenvalue weighted by atomic mass is 19.1. The van der Waals surface area contributed by atoms with Gasteiger partial charge in [-0.15, -0.1) is 0 Å². The van der Waals surface area contributed by atoms with Crippen LogP contribution in [0.2, 0.25) is 0 Å². The monoisotopic (exact) mass is 347 g/mol. The van der Waals surface area contributed by atoms with Crippen molar-refractivity contribution in [3.8, 4) is 5.75 Å². The lowest BCUT2D eigenvalue weighted by Crippen LogP contribution is -2.40. The van der Waals surface area contributed by atoms with Crippen LogP contribution in [0, 0.1) is 11.7 Å². The molecule has 0 radical (unpaired) electrons. The number of morpholine rings is 1. The minimum atomic E-state index is -0.260. The molecule has 1 aliphatic heterocycles. The lowest BCUT2D eigenvalue weighted by atomic mass is 10.1. The predicted molar refractivity (Wildman–Crippen MR) is 94.2 cm³/mol. The summed E-state index contributed by atoms with van der Waals surface area (Å²) in [5, 5.41) is 7.47. The molecule has 136 valence electrons. The van der Waals surface area contributed by atoms with E-state index in [9.17, 15) is 4.39 Å². The Kier molecular flexibility index (Phi) is 6.04. The first-order valence-corrected chi connectivity index (χ1v) is 8.86. The molecular weight excluding hydrogens is 321 g/mol. The highest BCUT2D eigenvalue weighted by Gasteiger charge is 2.24. The zero-order valence-electron chi connectivity index (χ0n) is 14.9. The number of nitrogens with zero attached hydrogens (tertiary/aromatic N) is 2. The van der Waals surface area contributed by atoms with Gasteiger partial charge in [-0.05, 0) is 36.2 Å². The summed E-state index contributed by atoms with van der Waals surface area (Å²) in [5.74, 6) is 1.06. The summed E-state index contributed by atoms with van der Waals surface area (Å²) in [5.41, 5.74) is 1.96. The van der Waals surface area contributed by atoms with Crippen molar-refractivity contribution < 1.29 is 13.9 Å². The molecule has 6 heteroatoms. The van der Waals surface area contributed by atoms with Gasteiger partial charge in [0.05, 0.1) is 18.9 Å². The Hall–Kier alpha value is -1.92. The Bertz CT molecular complexity index is 657. The third kappa shape index (κ3) is 5.28. The van der Waals surface area contributed by atoms with Crippen molar-refractivity contribution in [1.29, 1.82) is 0 Å². The standard InChI is InChI=1S/C19H26FN3O2/c1-14(2)12-23-8-10-25-19(13-23)18-11-16(21-22-18)7-9-24-17-5-3-15(20)4-6-17/h3-6,11,14,19H,7-10,12-13H2,1-2H3,(H,21,22)/t19-/m0/s1. The molecule has 1 N–H and O–H groups in total. The van der Waals surface area contributed by atoms with Crippen LogP contribution in [0.25, 0.3) is 0 Å². The average molecular weight is 347 g/mol. The van der Waals surface area contributed by atoms with Gasteiger partial charge in [-0.25, -0.2) is 4.39 Å². The first-order valence-electron chi connectivity index (χ1n) is 8.86. The molecular formula is C19H26FN3O2.